The van der Waals surface area contributed by atoms with Gasteiger partial charge in [-0.15, -0.1) is 10.2 Å². The van der Waals surface area contributed by atoms with Crippen LogP contribution in [0.4, 0.5) is 5.82 Å². The van der Waals surface area contributed by atoms with Gasteiger partial charge in [0.2, 0.25) is 0 Å². The molecule has 0 radical (unpaired) electrons. The van der Waals surface area contributed by atoms with Crippen molar-refractivity contribution >= 4 is 11.7 Å². The number of imidazole rings is 1. The normalized spacial score (nSPS) is 19.5. The number of rotatable bonds is 4. The number of carbonyl (C=O) groups is 1. The summed E-state index contributed by atoms with van der Waals surface area (Å²) < 4.78 is 4.36. The van der Waals surface area contributed by atoms with Crippen molar-refractivity contribution in [2.45, 2.75) is 63.5 Å². The Balaban J connectivity index is 1.14. The zero-order valence-electron chi connectivity index (χ0n) is 19.6. The van der Waals surface area contributed by atoms with Gasteiger partial charge in [0, 0.05) is 29.6 Å². The number of aryl methyl sites for hydroxylation is 2. The lowest BCUT2D eigenvalue weighted by atomic mass is 10.0. The lowest BCUT2D eigenvalue weighted by Crippen LogP contribution is -2.24. The molecule has 2 aliphatic carbocycles. The van der Waals surface area contributed by atoms with Gasteiger partial charge in [-0.1, -0.05) is 12.1 Å². The molecule has 4 aliphatic rings. The maximum absolute atomic E-state index is 13.5. The van der Waals surface area contributed by atoms with Crippen LogP contribution < -0.4 is 4.90 Å². The largest absolute Gasteiger partial charge is 0.306 e. The first-order valence-corrected chi connectivity index (χ1v) is 12.5. The van der Waals surface area contributed by atoms with Crippen molar-refractivity contribution in [3.05, 3.63) is 71.1 Å². The Morgan fingerprint density at radius 3 is 2.80 bits per heavy atom. The van der Waals surface area contributed by atoms with Crippen molar-refractivity contribution in [3.8, 4) is 17.2 Å². The molecular formula is C27H25N7O. The molecule has 1 amide bonds. The molecule has 0 atom stereocenters. The van der Waals surface area contributed by atoms with E-state index in [1.807, 2.05) is 30.6 Å². The molecule has 0 N–H and O–H groups in total. The maximum atomic E-state index is 13.5. The van der Waals surface area contributed by atoms with Crippen LogP contribution in [0.3, 0.4) is 0 Å². The summed E-state index contributed by atoms with van der Waals surface area (Å²) in [7, 11) is 0. The van der Waals surface area contributed by atoms with Crippen LogP contribution in [0.2, 0.25) is 0 Å². The molecule has 8 rings (SSSR count). The molecule has 174 valence electrons. The van der Waals surface area contributed by atoms with Crippen molar-refractivity contribution in [2.24, 2.45) is 0 Å². The Hall–Kier alpha value is -3.81. The number of aromatic nitrogens is 6. The highest BCUT2D eigenvalue weighted by molar-refractivity contribution is 6.10. The summed E-state index contributed by atoms with van der Waals surface area (Å²) in [5, 5.41) is 8.92. The first kappa shape index (κ1) is 19.5. The average molecular weight is 464 g/mol. The Labute approximate surface area is 202 Å². The van der Waals surface area contributed by atoms with Gasteiger partial charge in [-0.3, -0.25) is 9.69 Å². The lowest BCUT2D eigenvalue weighted by molar-refractivity contribution is 0.0996. The van der Waals surface area contributed by atoms with Crippen LogP contribution in [-0.4, -0.2) is 35.2 Å². The molecule has 3 aromatic heterocycles. The summed E-state index contributed by atoms with van der Waals surface area (Å²) >= 11 is 0. The molecule has 0 bridgehead atoms. The third-order valence-electron chi connectivity index (χ3n) is 8.19. The Morgan fingerprint density at radius 2 is 1.97 bits per heavy atom. The first-order valence-electron chi connectivity index (χ1n) is 12.5. The van der Waals surface area contributed by atoms with E-state index in [1.165, 1.54) is 25.7 Å². The Bertz CT molecular complexity index is 1540. The second-order valence-corrected chi connectivity index (χ2v) is 10.5. The van der Waals surface area contributed by atoms with Gasteiger partial charge >= 0.3 is 0 Å². The maximum Gasteiger partial charge on any atom is 0.260 e. The van der Waals surface area contributed by atoms with Gasteiger partial charge in [-0.2, -0.15) is 0 Å². The van der Waals surface area contributed by atoms with Crippen LogP contribution in [0.5, 0.6) is 0 Å². The molecule has 1 spiro atoms. The zero-order chi connectivity index (χ0) is 23.3. The van der Waals surface area contributed by atoms with Gasteiger partial charge in [-0.05, 0) is 68.4 Å². The molecule has 35 heavy (non-hydrogen) atoms. The fourth-order valence-corrected chi connectivity index (χ4v) is 5.91. The van der Waals surface area contributed by atoms with Gasteiger partial charge in [0.1, 0.15) is 17.3 Å². The number of carbonyl (C=O) groups excluding carboxylic acids is 1. The first-order chi connectivity index (χ1) is 17.1. The Morgan fingerprint density at radius 1 is 1.09 bits per heavy atom. The van der Waals surface area contributed by atoms with Crippen molar-refractivity contribution in [1.82, 2.24) is 29.3 Å². The highest BCUT2D eigenvalue weighted by Crippen LogP contribution is 2.53. The van der Waals surface area contributed by atoms with E-state index in [0.29, 0.717) is 18.3 Å². The number of hydrogen-bond donors (Lipinski definition) is 0. The minimum Gasteiger partial charge on any atom is -0.306 e. The second kappa shape index (κ2) is 6.65. The van der Waals surface area contributed by atoms with Gasteiger partial charge in [0.25, 0.3) is 5.91 Å². The summed E-state index contributed by atoms with van der Waals surface area (Å²) in [6, 6.07) is 9.99. The van der Waals surface area contributed by atoms with E-state index in [4.69, 9.17) is 4.98 Å². The molecule has 5 heterocycles. The topological polar surface area (TPSA) is 81.7 Å². The third-order valence-corrected chi connectivity index (χ3v) is 8.19. The summed E-state index contributed by atoms with van der Waals surface area (Å²) in [5.74, 6) is 3.12. The predicted molar refractivity (Wildman–Crippen MR) is 130 cm³/mol. The van der Waals surface area contributed by atoms with Crippen LogP contribution in [0, 0.1) is 6.92 Å². The van der Waals surface area contributed by atoms with Crippen molar-refractivity contribution < 1.29 is 4.79 Å². The van der Waals surface area contributed by atoms with Crippen LogP contribution >= 0.6 is 0 Å². The summed E-state index contributed by atoms with van der Waals surface area (Å²) in [5.41, 5.74) is 6.04. The fourth-order valence-electron chi connectivity index (χ4n) is 5.91. The number of anilines is 1. The van der Waals surface area contributed by atoms with Gasteiger partial charge < -0.3 is 9.13 Å². The molecule has 8 heteroatoms. The summed E-state index contributed by atoms with van der Waals surface area (Å²) in [4.78, 5) is 24.8. The molecule has 8 nitrogen and oxygen atoms in total. The SMILES string of the molecule is Cc1cc2c(cc1-n1cnc(C3CC3)c1)C(=O)N(c1cccc(-c3nnc4n3C3(CC4)CC3)n1)C2. The number of fused-ring (bicyclic) bond motifs is 3. The van der Waals surface area contributed by atoms with E-state index in [2.05, 4.69) is 43.5 Å². The minimum absolute atomic E-state index is 0.0152. The fraction of sp³-hybridized carbons (Fsp3) is 0.370. The van der Waals surface area contributed by atoms with Gasteiger partial charge in [0.15, 0.2) is 5.82 Å². The number of nitrogens with zero attached hydrogens (tertiary/aromatic N) is 7. The monoisotopic (exact) mass is 463 g/mol. The third kappa shape index (κ3) is 2.82. The van der Waals surface area contributed by atoms with Crippen LogP contribution in [0.25, 0.3) is 17.2 Å². The van der Waals surface area contributed by atoms with Gasteiger partial charge in [-0.25, -0.2) is 9.97 Å². The van der Waals surface area contributed by atoms with E-state index in [1.54, 1.807) is 4.90 Å². The van der Waals surface area contributed by atoms with Gasteiger partial charge in [0.05, 0.1) is 24.3 Å². The molecule has 4 aromatic rings. The van der Waals surface area contributed by atoms with Crippen LogP contribution in [0.15, 0.2) is 42.9 Å². The summed E-state index contributed by atoms with van der Waals surface area (Å²) in [6.45, 7) is 2.61. The van der Waals surface area contributed by atoms with Crippen LogP contribution in [0.1, 0.15) is 71.0 Å². The standard InChI is InChI=1S/C27H25N7O/c1-16-11-18-13-33(26(35)19(18)12-22(16)32-14-21(28-15-32)17-5-6-17)23-4-2-3-20(29-23)25-31-30-24-7-8-27(9-10-27)34(24)25/h2-4,11-12,14-15,17H,5-10,13H2,1H3. The minimum atomic E-state index is -0.0152. The van der Waals surface area contributed by atoms with E-state index >= 15 is 0 Å². The molecule has 2 aliphatic heterocycles. The number of amides is 1. The molecule has 2 saturated carbocycles. The smallest absolute Gasteiger partial charge is 0.260 e. The van der Waals surface area contributed by atoms with Crippen molar-refractivity contribution in [1.29, 1.82) is 0 Å². The Kier molecular flexibility index (Phi) is 3.70. The highest BCUT2D eigenvalue weighted by atomic mass is 16.2. The molecule has 2 fully saturated rings. The van der Waals surface area contributed by atoms with E-state index in [-0.39, 0.29) is 11.4 Å². The van der Waals surface area contributed by atoms with E-state index in [0.717, 1.165) is 58.3 Å². The van der Waals surface area contributed by atoms with E-state index < -0.39 is 0 Å². The number of hydrogen-bond acceptors (Lipinski definition) is 5. The second-order valence-electron chi connectivity index (χ2n) is 10.5. The molecule has 0 saturated heterocycles. The highest BCUT2D eigenvalue weighted by Gasteiger charge is 2.51. The predicted octanol–water partition coefficient (Wildman–Crippen LogP) is 4.31. The van der Waals surface area contributed by atoms with Crippen molar-refractivity contribution in [3.63, 3.8) is 0 Å². The number of pyridine rings is 1. The van der Waals surface area contributed by atoms with Crippen molar-refractivity contribution in [2.75, 3.05) is 4.90 Å². The van der Waals surface area contributed by atoms with E-state index in [9.17, 15) is 4.79 Å². The zero-order valence-corrected chi connectivity index (χ0v) is 19.6. The molecule has 0 unspecified atom stereocenters. The molecular weight excluding hydrogens is 438 g/mol. The average Bonchev–Trinajstić information content (AvgIpc) is 3.68. The molecule has 1 aromatic carbocycles. The lowest BCUT2D eigenvalue weighted by Gasteiger charge is -2.16. The quantitative estimate of drug-likeness (QED) is 0.451. The number of benzene rings is 1. The van der Waals surface area contributed by atoms with Crippen LogP contribution in [-0.2, 0) is 18.5 Å². The summed E-state index contributed by atoms with van der Waals surface area (Å²) in [6.07, 6.45) is 10.9.